The van der Waals surface area contributed by atoms with Gasteiger partial charge in [0.25, 0.3) is 0 Å². The number of hydrogen-bond acceptors (Lipinski definition) is 4. The van der Waals surface area contributed by atoms with Crippen molar-refractivity contribution in [3.8, 4) is 11.1 Å². The minimum absolute atomic E-state index is 0.500. The van der Waals surface area contributed by atoms with Gasteiger partial charge in [-0.05, 0) is 157 Å². The highest BCUT2D eigenvalue weighted by molar-refractivity contribution is 5.84. The van der Waals surface area contributed by atoms with Crippen molar-refractivity contribution in [3.63, 3.8) is 0 Å². The number of para-hydroxylation sites is 4. The molecule has 0 unspecified atom stereocenters. The van der Waals surface area contributed by atoms with Crippen LogP contribution in [0.15, 0.2) is 249 Å². The van der Waals surface area contributed by atoms with Crippen molar-refractivity contribution in [2.75, 3.05) is 19.6 Å². The van der Waals surface area contributed by atoms with Gasteiger partial charge in [0.05, 0.1) is 0 Å². The van der Waals surface area contributed by atoms with Gasteiger partial charge in [-0.15, -0.1) is 0 Å². The van der Waals surface area contributed by atoms with Crippen molar-refractivity contribution in [2.45, 2.75) is 38.1 Å². The molecule has 4 heteroatoms. The Morgan fingerprint density at radius 1 is 0.219 bits per heavy atom. The maximum absolute atomic E-state index is 2.57. The van der Waals surface area contributed by atoms with Crippen LogP contribution in [0.4, 0.5) is 62.6 Å². The summed E-state index contributed by atoms with van der Waals surface area (Å²) >= 11 is 0. The van der Waals surface area contributed by atoms with Crippen LogP contribution in [0.3, 0.4) is 0 Å². The van der Waals surface area contributed by atoms with Crippen molar-refractivity contribution in [2.24, 2.45) is 0 Å². The second-order valence-electron chi connectivity index (χ2n) is 16.5. The molecule has 0 bridgehead atoms. The van der Waals surface area contributed by atoms with E-state index in [1.165, 1.54) is 54.6 Å². The smallest absolute Gasteiger partial charge is 0.0463 e. The minimum Gasteiger partial charge on any atom is -0.338 e. The predicted octanol–water partition coefficient (Wildman–Crippen LogP) is 17.2. The summed E-state index contributed by atoms with van der Waals surface area (Å²) in [6.07, 6.45) is 6.34. The Labute approximate surface area is 378 Å². The molecule has 0 aliphatic heterocycles. The fourth-order valence-corrected chi connectivity index (χ4v) is 9.27. The fourth-order valence-electron chi connectivity index (χ4n) is 9.27. The molecule has 4 nitrogen and oxygen atoms in total. The average molecular weight is 829 g/mol. The first-order chi connectivity index (χ1) is 31.8. The minimum atomic E-state index is 0.500. The van der Waals surface area contributed by atoms with E-state index in [4.69, 9.17) is 0 Å². The Bertz CT molecular complexity index is 2770. The molecule has 0 heterocycles. The Morgan fingerprint density at radius 2 is 0.453 bits per heavy atom. The van der Waals surface area contributed by atoms with Crippen LogP contribution in [-0.4, -0.2) is 6.04 Å². The van der Waals surface area contributed by atoms with Crippen LogP contribution >= 0.6 is 0 Å². The van der Waals surface area contributed by atoms with Crippen molar-refractivity contribution in [1.29, 1.82) is 0 Å². The van der Waals surface area contributed by atoms with Crippen molar-refractivity contribution >= 4 is 62.6 Å². The third kappa shape index (κ3) is 8.77. The van der Waals surface area contributed by atoms with Gasteiger partial charge >= 0.3 is 0 Å². The lowest BCUT2D eigenvalue weighted by atomic mass is 9.93. The molecule has 10 rings (SSSR count). The normalized spacial score (nSPS) is 12.6. The number of nitrogens with zero attached hydrogens (tertiary/aromatic N) is 4. The molecule has 0 amide bonds. The highest BCUT2D eigenvalue weighted by Crippen LogP contribution is 2.43. The monoisotopic (exact) mass is 828 g/mol. The van der Waals surface area contributed by atoms with E-state index < -0.39 is 0 Å². The molecule has 1 fully saturated rings. The van der Waals surface area contributed by atoms with Crippen LogP contribution in [-0.2, 0) is 0 Å². The number of benzene rings is 9. The van der Waals surface area contributed by atoms with Crippen LogP contribution in [0.25, 0.3) is 11.1 Å². The summed E-state index contributed by atoms with van der Waals surface area (Å²) in [5.74, 6) is 0. The van der Waals surface area contributed by atoms with Crippen LogP contribution in [0, 0.1) is 0 Å². The maximum atomic E-state index is 2.57. The summed E-state index contributed by atoms with van der Waals surface area (Å²) < 4.78 is 0. The maximum Gasteiger partial charge on any atom is 0.0463 e. The fraction of sp³-hybridized carbons (Fsp3) is 0.100. The molecule has 0 N–H and O–H groups in total. The van der Waals surface area contributed by atoms with Crippen LogP contribution in [0.1, 0.15) is 32.1 Å². The van der Waals surface area contributed by atoms with Crippen molar-refractivity contribution in [3.05, 3.63) is 249 Å². The lowest BCUT2D eigenvalue weighted by molar-refractivity contribution is 0.436. The molecule has 312 valence electrons. The lowest BCUT2D eigenvalue weighted by Gasteiger charge is -2.36. The number of anilines is 11. The van der Waals surface area contributed by atoms with E-state index in [0.717, 1.165) is 51.2 Å². The van der Waals surface area contributed by atoms with E-state index >= 15 is 0 Å². The Morgan fingerprint density at radius 3 is 0.797 bits per heavy atom. The largest absolute Gasteiger partial charge is 0.338 e. The second kappa shape index (κ2) is 19.1. The summed E-state index contributed by atoms with van der Waals surface area (Å²) in [6.45, 7) is 0. The molecule has 0 spiro atoms. The third-order valence-corrected chi connectivity index (χ3v) is 12.4. The predicted molar refractivity (Wildman–Crippen MR) is 271 cm³/mol. The first kappa shape index (κ1) is 40.3. The number of hydrogen-bond donors (Lipinski definition) is 0. The van der Waals surface area contributed by atoms with Crippen LogP contribution in [0.5, 0.6) is 0 Å². The Hall–Kier alpha value is -7.82. The number of rotatable bonds is 13. The average Bonchev–Trinajstić information content (AvgIpc) is 3.38. The van der Waals surface area contributed by atoms with Gasteiger partial charge in [-0.3, -0.25) is 0 Å². The zero-order valence-electron chi connectivity index (χ0n) is 36.1. The topological polar surface area (TPSA) is 13.0 Å². The van der Waals surface area contributed by atoms with Crippen molar-refractivity contribution < 1.29 is 0 Å². The molecule has 1 aliphatic rings. The van der Waals surface area contributed by atoms with E-state index in [0.29, 0.717) is 6.04 Å². The molecule has 9 aromatic carbocycles. The van der Waals surface area contributed by atoms with Gasteiger partial charge < -0.3 is 19.6 Å². The zero-order chi connectivity index (χ0) is 42.9. The molecule has 9 aromatic rings. The summed E-state index contributed by atoms with van der Waals surface area (Å²) in [5.41, 5.74) is 14.7. The van der Waals surface area contributed by atoms with E-state index in [1.54, 1.807) is 0 Å². The standard InChI is InChI=1S/C60H52N4/c1-7-19-47(20-8-1)48-31-33-54(34-32-48)64(59-43-37-56(38-44-59)62(51-25-13-4-14-26-51)52-27-15-5-16-28-52)60-45-41-58(42-46-60)63(53-29-17-6-18-30-53)57-39-35-55(36-40-57)61(49-21-9-2-10-22-49)50-23-11-3-12-24-50/h1-2,4-10,13-22,25-46,50H,3,11-12,23-24H2. The van der Waals surface area contributed by atoms with Gasteiger partial charge in [0, 0.05) is 68.6 Å². The van der Waals surface area contributed by atoms with Gasteiger partial charge in [0.15, 0.2) is 0 Å². The molecular formula is C60H52N4. The molecule has 1 saturated carbocycles. The first-order valence-corrected chi connectivity index (χ1v) is 22.6. The molecule has 64 heavy (non-hydrogen) atoms. The molecule has 0 atom stereocenters. The van der Waals surface area contributed by atoms with Crippen LogP contribution < -0.4 is 19.6 Å². The summed E-state index contributed by atoms with van der Waals surface area (Å²) in [4.78, 5) is 9.58. The lowest BCUT2D eigenvalue weighted by Crippen LogP contribution is -2.32. The van der Waals surface area contributed by atoms with Crippen LogP contribution in [0.2, 0.25) is 0 Å². The molecular weight excluding hydrogens is 777 g/mol. The van der Waals surface area contributed by atoms with Gasteiger partial charge in [0.2, 0.25) is 0 Å². The molecule has 0 radical (unpaired) electrons. The van der Waals surface area contributed by atoms with E-state index in [-0.39, 0.29) is 0 Å². The highest BCUT2D eigenvalue weighted by Gasteiger charge is 2.24. The summed E-state index contributed by atoms with van der Waals surface area (Å²) in [5, 5.41) is 0. The van der Waals surface area contributed by atoms with E-state index in [9.17, 15) is 0 Å². The summed E-state index contributed by atoms with van der Waals surface area (Å²) in [6, 6.07) is 89.8. The SMILES string of the molecule is c1ccc(-c2ccc(N(c3ccc(N(c4ccccc4)c4ccccc4)cc3)c3ccc(N(c4ccccc4)c4ccc(N(c5ccccc5)C5CCCCC5)cc4)cc3)cc2)cc1. The molecule has 1 aliphatic carbocycles. The van der Waals surface area contributed by atoms with E-state index in [2.05, 4.69) is 268 Å². The van der Waals surface area contributed by atoms with Gasteiger partial charge in [-0.2, -0.15) is 0 Å². The Balaban J connectivity index is 1.01. The quantitative estimate of drug-likeness (QED) is 0.115. The first-order valence-electron chi connectivity index (χ1n) is 22.6. The molecule has 0 saturated heterocycles. The third-order valence-electron chi connectivity index (χ3n) is 12.4. The molecule has 0 aromatic heterocycles. The van der Waals surface area contributed by atoms with Crippen molar-refractivity contribution in [1.82, 2.24) is 0 Å². The Kier molecular flexibility index (Phi) is 12.0. The zero-order valence-corrected chi connectivity index (χ0v) is 36.1. The van der Waals surface area contributed by atoms with E-state index in [1.807, 2.05) is 0 Å². The van der Waals surface area contributed by atoms with Gasteiger partial charge in [-0.25, -0.2) is 0 Å². The second-order valence-corrected chi connectivity index (χ2v) is 16.5. The summed E-state index contributed by atoms with van der Waals surface area (Å²) in [7, 11) is 0. The highest BCUT2D eigenvalue weighted by atomic mass is 15.2. The van der Waals surface area contributed by atoms with Gasteiger partial charge in [0.1, 0.15) is 0 Å². The van der Waals surface area contributed by atoms with Gasteiger partial charge in [-0.1, -0.05) is 135 Å².